The fraction of sp³-hybridized carbons (Fsp3) is 0.250. The van der Waals surface area contributed by atoms with Crippen LogP contribution in [0.15, 0.2) is 29.6 Å². The minimum atomic E-state index is -0.367. The van der Waals surface area contributed by atoms with E-state index in [2.05, 4.69) is 15.3 Å². The number of nitrogens with zero attached hydrogens (tertiary/aromatic N) is 2. The highest BCUT2D eigenvalue weighted by Crippen LogP contribution is 2.32. The summed E-state index contributed by atoms with van der Waals surface area (Å²) in [5, 5.41) is 6.62. The number of benzene rings is 1. The quantitative estimate of drug-likeness (QED) is 0.778. The molecule has 0 amide bonds. The van der Waals surface area contributed by atoms with Crippen molar-refractivity contribution in [2.45, 2.75) is 19.9 Å². The Morgan fingerprint density at radius 2 is 2.05 bits per heavy atom. The summed E-state index contributed by atoms with van der Waals surface area (Å²) in [5.41, 5.74) is 1.60. The van der Waals surface area contributed by atoms with E-state index < -0.39 is 0 Å². The average molecular weight is 317 g/mol. The Hall–Kier alpha value is -2.21. The second kappa shape index (κ2) is 5.88. The Bertz CT molecular complexity index is 816. The number of methoxy groups -OCH3 is 1. The fourth-order valence-electron chi connectivity index (χ4n) is 2.19. The number of hydrogen-bond acceptors (Lipinski definition) is 5. The molecule has 2 heterocycles. The van der Waals surface area contributed by atoms with Gasteiger partial charge in [-0.25, -0.2) is 14.4 Å². The normalized spacial score (nSPS) is 11.1. The van der Waals surface area contributed by atoms with Crippen molar-refractivity contribution in [3.63, 3.8) is 0 Å². The van der Waals surface area contributed by atoms with Crippen molar-refractivity contribution in [3.05, 3.63) is 35.5 Å². The molecule has 2 aromatic heterocycles. The number of nitrogens with one attached hydrogen (secondary N) is 1. The summed E-state index contributed by atoms with van der Waals surface area (Å²) in [6.45, 7) is 4.10. The van der Waals surface area contributed by atoms with Crippen LogP contribution in [0.3, 0.4) is 0 Å². The minimum absolute atomic E-state index is 0.295. The highest BCUT2D eigenvalue weighted by atomic mass is 32.1. The lowest BCUT2D eigenvalue weighted by molar-refractivity contribution is 0.419. The Labute approximate surface area is 132 Å². The standard InChI is InChI=1S/C16H16FN3OS/c1-9(2)18-16-20-13(8-22-16)12-7-14(21-3)10-5-4-6-11(17)15(10)19-12/h4-9H,1-3H3,(H,18,20). The van der Waals surface area contributed by atoms with Gasteiger partial charge < -0.3 is 10.1 Å². The van der Waals surface area contributed by atoms with Gasteiger partial charge in [-0.05, 0) is 26.0 Å². The number of thiazole rings is 1. The number of aromatic nitrogens is 2. The summed E-state index contributed by atoms with van der Waals surface area (Å²) >= 11 is 1.50. The largest absolute Gasteiger partial charge is 0.496 e. The smallest absolute Gasteiger partial charge is 0.183 e. The highest BCUT2D eigenvalue weighted by molar-refractivity contribution is 7.14. The Kier molecular flexibility index (Phi) is 3.94. The SMILES string of the molecule is COc1cc(-c2csc(NC(C)C)n2)nc2c(F)cccc12. The van der Waals surface area contributed by atoms with Crippen LogP contribution in [0, 0.1) is 5.82 Å². The van der Waals surface area contributed by atoms with E-state index in [0.717, 1.165) is 5.13 Å². The van der Waals surface area contributed by atoms with Gasteiger partial charge >= 0.3 is 0 Å². The second-order valence-corrected chi connectivity index (χ2v) is 6.04. The molecule has 22 heavy (non-hydrogen) atoms. The van der Waals surface area contributed by atoms with Gasteiger partial charge in [-0.3, -0.25) is 0 Å². The fourth-order valence-corrected chi connectivity index (χ4v) is 3.04. The summed E-state index contributed by atoms with van der Waals surface area (Å²) in [6.07, 6.45) is 0. The minimum Gasteiger partial charge on any atom is -0.496 e. The maximum Gasteiger partial charge on any atom is 0.183 e. The van der Waals surface area contributed by atoms with E-state index in [9.17, 15) is 4.39 Å². The second-order valence-electron chi connectivity index (χ2n) is 5.18. The van der Waals surface area contributed by atoms with Crippen molar-refractivity contribution in [2.75, 3.05) is 12.4 Å². The first-order chi connectivity index (χ1) is 10.6. The van der Waals surface area contributed by atoms with Gasteiger partial charge in [0.25, 0.3) is 0 Å². The summed E-state index contributed by atoms with van der Waals surface area (Å²) in [5.74, 6) is 0.222. The van der Waals surface area contributed by atoms with E-state index >= 15 is 0 Å². The monoisotopic (exact) mass is 317 g/mol. The van der Waals surface area contributed by atoms with Crippen LogP contribution >= 0.6 is 11.3 Å². The summed E-state index contributed by atoms with van der Waals surface area (Å²) < 4.78 is 19.4. The Morgan fingerprint density at radius 1 is 1.23 bits per heavy atom. The van der Waals surface area contributed by atoms with Crippen molar-refractivity contribution in [2.24, 2.45) is 0 Å². The van der Waals surface area contributed by atoms with Crippen molar-refractivity contribution in [1.82, 2.24) is 9.97 Å². The summed E-state index contributed by atoms with van der Waals surface area (Å²) in [4.78, 5) is 8.91. The molecule has 0 aliphatic rings. The van der Waals surface area contributed by atoms with Crippen LogP contribution in [-0.2, 0) is 0 Å². The van der Waals surface area contributed by atoms with Crippen LogP contribution in [-0.4, -0.2) is 23.1 Å². The number of pyridine rings is 1. The van der Waals surface area contributed by atoms with Crippen molar-refractivity contribution in [3.8, 4) is 17.1 Å². The van der Waals surface area contributed by atoms with Crippen LogP contribution in [0.5, 0.6) is 5.75 Å². The molecule has 114 valence electrons. The molecule has 0 spiro atoms. The lowest BCUT2D eigenvalue weighted by Gasteiger charge is -2.08. The number of halogens is 1. The predicted octanol–water partition coefficient (Wildman–Crippen LogP) is 4.33. The third kappa shape index (κ3) is 2.74. The van der Waals surface area contributed by atoms with Gasteiger partial charge in [0.05, 0.1) is 12.8 Å². The molecule has 0 radical (unpaired) electrons. The number of rotatable bonds is 4. The topological polar surface area (TPSA) is 47.0 Å². The molecule has 0 saturated carbocycles. The molecule has 1 N–H and O–H groups in total. The van der Waals surface area contributed by atoms with Crippen LogP contribution in [0.1, 0.15) is 13.8 Å². The van der Waals surface area contributed by atoms with Crippen LogP contribution < -0.4 is 10.1 Å². The van der Waals surface area contributed by atoms with Gasteiger partial charge in [-0.2, -0.15) is 0 Å². The first kappa shape index (κ1) is 14.7. The van der Waals surface area contributed by atoms with Gasteiger partial charge in [-0.1, -0.05) is 6.07 Å². The molecule has 3 aromatic rings. The Morgan fingerprint density at radius 3 is 2.77 bits per heavy atom. The molecular formula is C16H16FN3OS. The molecule has 0 fully saturated rings. The number of fused-ring (bicyclic) bond motifs is 1. The molecule has 0 aliphatic heterocycles. The maximum absolute atomic E-state index is 14.0. The molecule has 0 bridgehead atoms. The van der Waals surface area contributed by atoms with E-state index in [0.29, 0.717) is 34.1 Å². The number of para-hydroxylation sites is 1. The third-order valence-corrected chi connectivity index (χ3v) is 3.92. The van der Waals surface area contributed by atoms with Crippen LogP contribution in [0.25, 0.3) is 22.3 Å². The maximum atomic E-state index is 14.0. The van der Waals surface area contributed by atoms with Crippen LogP contribution in [0.4, 0.5) is 9.52 Å². The molecule has 4 nitrogen and oxygen atoms in total. The van der Waals surface area contributed by atoms with Gasteiger partial charge in [0.2, 0.25) is 0 Å². The number of hydrogen-bond donors (Lipinski definition) is 1. The highest BCUT2D eigenvalue weighted by Gasteiger charge is 2.13. The molecule has 0 unspecified atom stereocenters. The lowest BCUT2D eigenvalue weighted by Crippen LogP contribution is -2.09. The van der Waals surface area contributed by atoms with Crippen LogP contribution in [0.2, 0.25) is 0 Å². The number of ether oxygens (including phenoxy) is 1. The van der Waals surface area contributed by atoms with Crippen molar-refractivity contribution < 1.29 is 9.13 Å². The molecular weight excluding hydrogens is 301 g/mol. The lowest BCUT2D eigenvalue weighted by atomic mass is 10.1. The molecule has 3 rings (SSSR count). The van der Waals surface area contributed by atoms with Gasteiger partial charge in [0, 0.05) is 22.9 Å². The zero-order valence-corrected chi connectivity index (χ0v) is 13.4. The van der Waals surface area contributed by atoms with Gasteiger partial charge in [0.1, 0.15) is 22.8 Å². The third-order valence-electron chi connectivity index (χ3n) is 3.15. The average Bonchev–Trinajstić information content (AvgIpc) is 2.94. The first-order valence-electron chi connectivity index (χ1n) is 6.94. The van der Waals surface area contributed by atoms with E-state index in [-0.39, 0.29) is 5.82 Å². The van der Waals surface area contributed by atoms with Crippen molar-refractivity contribution >= 4 is 27.4 Å². The summed E-state index contributed by atoms with van der Waals surface area (Å²) in [7, 11) is 1.57. The molecule has 1 aromatic carbocycles. The first-order valence-corrected chi connectivity index (χ1v) is 7.82. The molecule has 0 aliphatic carbocycles. The Balaban J connectivity index is 2.11. The van der Waals surface area contributed by atoms with E-state index in [4.69, 9.17) is 4.74 Å². The molecule has 0 atom stereocenters. The van der Waals surface area contributed by atoms with Gasteiger partial charge in [-0.15, -0.1) is 11.3 Å². The van der Waals surface area contributed by atoms with E-state index in [1.54, 1.807) is 25.3 Å². The zero-order valence-electron chi connectivity index (χ0n) is 12.6. The zero-order chi connectivity index (χ0) is 15.7. The van der Waals surface area contributed by atoms with E-state index in [1.807, 2.05) is 19.2 Å². The van der Waals surface area contributed by atoms with E-state index in [1.165, 1.54) is 17.4 Å². The van der Waals surface area contributed by atoms with Crippen molar-refractivity contribution in [1.29, 1.82) is 0 Å². The van der Waals surface area contributed by atoms with Gasteiger partial charge in [0.15, 0.2) is 5.13 Å². The summed E-state index contributed by atoms with van der Waals surface area (Å²) in [6, 6.07) is 6.92. The molecule has 6 heteroatoms. The molecule has 0 saturated heterocycles. The predicted molar refractivity (Wildman–Crippen MR) is 88.1 cm³/mol. The number of anilines is 1.